The van der Waals surface area contributed by atoms with Crippen LogP contribution in [0.3, 0.4) is 0 Å². The number of non-ortho nitro benzene ring substituents is 1. The summed E-state index contributed by atoms with van der Waals surface area (Å²) in [6.45, 7) is 3.13. The average Bonchev–Trinajstić information content (AvgIpc) is 2.93. The van der Waals surface area contributed by atoms with Crippen molar-refractivity contribution < 1.29 is 23.3 Å². The average molecular weight is 547 g/mol. The van der Waals surface area contributed by atoms with Crippen LogP contribution < -0.4 is 9.21 Å². The molecule has 8 nitrogen and oxygen atoms in total. The minimum absolute atomic E-state index is 0.0459. The first-order valence-corrected chi connectivity index (χ1v) is 14.1. The molecule has 4 aromatic rings. The number of nitrogens with zero attached hydrogens (tertiary/aromatic N) is 2. The molecule has 0 heterocycles. The highest BCUT2D eigenvalue weighted by Gasteiger charge is 2.30. The molecule has 0 aliphatic rings. The van der Waals surface area contributed by atoms with E-state index < -0.39 is 21.1 Å². The molecule has 9 heteroatoms. The molecule has 0 spiro atoms. The van der Waals surface area contributed by atoms with E-state index in [9.17, 15) is 23.6 Å². The molecular weight excluding hydrogens is 514 g/mol. The zero-order valence-corrected chi connectivity index (χ0v) is 22.5. The first-order chi connectivity index (χ1) is 18.7. The number of aryl methyl sites for hydroxylation is 1. The largest absolute Gasteiger partial charge is 0.385 e. The summed E-state index contributed by atoms with van der Waals surface area (Å²) < 4.78 is 28.6. The van der Waals surface area contributed by atoms with E-state index in [0.29, 0.717) is 13.1 Å². The third-order valence-corrected chi connectivity index (χ3v) is 8.24. The van der Waals surface area contributed by atoms with Crippen molar-refractivity contribution in [2.24, 2.45) is 0 Å². The maximum Gasteiger partial charge on any atom is 0.271 e. The summed E-state index contributed by atoms with van der Waals surface area (Å²) in [5, 5.41) is 22.7. The van der Waals surface area contributed by atoms with Crippen LogP contribution in [-0.2, 0) is 23.1 Å². The molecule has 0 radical (unpaired) electrons. The Kier molecular flexibility index (Phi) is 9.08. The minimum Gasteiger partial charge on any atom is -0.385 e. The molecule has 0 aliphatic heterocycles. The van der Waals surface area contributed by atoms with Gasteiger partial charge < -0.3 is 10.0 Å². The van der Waals surface area contributed by atoms with Crippen molar-refractivity contribution >= 4 is 21.4 Å². The number of sulfonamides is 1. The Labute approximate surface area is 229 Å². The van der Waals surface area contributed by atoms with Crippen molar-refractivity contribution in [1.82, 2.24) is 0 Å². The summed E-state index contributed by atoms with van der Waals surface area (Å²) in [5.74, 6) is 0. The van der Waals surface area contributed by atoms with Crippen LogP contribution in [0, 0.1) is 17.0 Å². The maximum absolute atomic E-state index is 13.8. The van der Waals surface area contributed by atoms with Crippen LogP contribution in [-0.4, -0.2) is 37.6 Å². The van der Waals surface area contributed by atoms with E-state index in [1.165, 1.54) is 36.4 Å². The molecule has 0 fully saturated rings. The predicted molar refractivity (Wildman–Crippen MR) is 151 cm³/mol. The summed E-state index contributed by atoms with van der Waals surface area (Å²) >= 11 is 0. The van der Waals surface area contributed by atoms with Crippen molar-refractivity contribution in [3.8, 4) is 0 Å². The van der Waals surface area contributed by atoms with Gasteiger partial charge in [0, 0.05) is 23.3 Å². The lowest BCUT2D eigenvalue weighted by Crippen LogP contribution is -3.10. The van der Waals surface area contributed by atoms with Crippen LogP contribution in [0.15, 0.2) is 114 Å². The fraction of sp³-hybridized carbons (Fsp3) is 0.200. The van der Waals surface area contributed by atoms with E-state index in [0.717, 1.165) is 25.9 Å². The monoisotopic (exact) mass is 546 g/mol. The van der Waals surface area contributed by atoms with Crippen LogP contribution in [0.5, 0.6) is 0 Å². The fourth-order valence-electron chi connectivity index (χ4n) is 4.51. The number of nitro groups is 1. The number of hydrogen-bond donors (Lipinski definition) is 2. The Balaban J connectivity index is 1.63. The zero-order chi connectivity index (χ0) is 27.8. The predicted octanol–water partition coefficient (Wildman–Crippen LogP) is 3.74. The van der Waals surface area contributed by atoms with Gasteiger partial charge in [-0.3, -0.25) is 14.4 Å². The van der Waals surface area contributed by atoms with E-state index in [1.807, 2.05) is 67.6 Å². The van der Waals surface area contributed by atoms with Crippen LogP contribution in [0.4, 0.5) is 11.4 Å². The molecule has 2 N–H and O–H groups in total. The van der Waals surface area contributed by atoms with Gasteiger partial charge in [0.1, 0.15) is 25.7 Å². The van der Waals surface area contributed by atoms with Gasteiger partial charge in [0.2, 0.25) is 0 Å². The van der Waals surface area contributed by atoms with Gasteiger partial charge in [-0.25, -0.2) is 8.42 Å². The Morgan fingerprint density at radius 3 is 1.95 bits per heavy atom. The van der Waals surface area contributed by atoms with E-state index >= 15 is 0 Å². The second kappa shape index (κ2) is 12.7. The molecule has 4 rings (SSSR count). The number of aliphatic hydroxyl groups excluding tert-OH is 1. The van der Waals surface area contributed by atoms with Gasteiger partial charge in [-0.15, -0.1) is 0 Å². The Morgan fingerprint density at radius 1 is 0.846 bits per heavy atom. The van der Waals surface area contributed by atoms with Gasteiger partial charge in [-0.2, -0.15) is 0 Å². The van der Waals surface area contributed by atoms with E-state index in [-0.39, 0.29) is 29.4 Å². The van der Waals surface area contributed by atoms with Gasteiger partial charge in [-0.1, -0.05) is 84.4 Å². The van der Waals surface area contributed by atoms with Crippen LogP contribution in [0.25, 0.3) is 0 Å². The zero-order valence-electron chi connectivity index (χ0n) is 21.7. The van der Waals surface area contributed by atoms with Crippen LogP contribution in [0.1, 0.15) is 16.7 Å². The second-order valence-electron chi connectivity index (χ2n) is 9.56. The third kappa shape index (κ3) is 7.51. The highest BCUT2D eigenvalue weighted by atomic mass is 32.2. The summed E-state index contributed by atoms with van der Waals surface area (Å²) in [5.41, 5.74) is 2.98. The molecule has 202 valence electrons. The highest BCUT2D eigenvalue weighted by Crippen LogP contribution is 2.27. The van der Waals surface area contributed by atoms with Crippen molar-refractivity contribution in [1.29, 1.82) is 0 Å². The SMILES string of the molecule is Cc1ccc(S(=O)(=O)N(C[C@@H](O)C[NH+](Cc2ccccc2)Cc2ccccc2)c2cccc([N+](=O)[O-])c2)cc1. The van der Waals surface area contributed by atoms with Gasteiger partial charge in [-0.05, 0) is 25.1 Å². The number of nitrogens with one attached hydrogen (secondary N) is 1. The minimum atomic E-state index is -4.12. The number of anilines is 1. The Hall–Kier alpha value is -4.05. The first kappa shape index (κ1) is 28.0. The maximum atomic E-state index is 13.8. The number of rotatable bonds is 12. The Bertz CT molecular complexity index is 1440. The molecule has 0 saturated carbocycles. The van der Waals surface area contributed by atoms with Crippen molar-refractivity contribution in [2.75, 3.05) is 17.4 Å². The standard InChI is InChI=1S/C30H31N3O5S/c1-24-15-17-30(18-16-24)39(37,38)32(27-13-8-14-28(19-27)33(35)36)23-29(34)22-31(20-25-9-4-2-5-10-25)21-26-11-6-3-7-12-26/h2-19,29,34H,20-23H2,1H3/p+1/t29-/m0/s1. The molecule has 4 aromatic carbocycles. The third-order valence-electron chi connectivity index (χ3n) is 6.43. The molecule has 0 unspecified atom stereocenters. The van der Waals surface area contributed by atoms with Crippen molar-refractivity contribution in [3.63, 3.8) is 0 Å². The van der Waals surface area contributed by atoms with Gasteiger partial charge in [0.25, 0.3) is 15.7 Å². The smallest absolute Gasteiger partial charge is 0.271 e. The molecule has 0 amide bonds. The molecule has 0 aliphatic carbocycles. The number of benzene rings is 4. The number of nitro benzene ring substituents is 1. The Morgan fingerprint density at radius 2 is 1.41 bits per heavy atom. The summed E-state index contributed by atoms with van der Waals surface area (Å²) in [6.07, 6.45) is -1.05. The van der Waals surface area contributed by atoms with Gasteiger partial charge in [0.15, 0.2) is 0 Å². The molecule has 0 bridgehead atoms. The van der Waals surface area contributed by atoms with Crippen molar-refractivity contribution in [3.05, 3.63) is 136 Å². The lowest BCUT2D eigenvalue weighted by molar-refractivity contribution is -0.930. The van der Waals surface area contributed by atoms with E-state index in [1.54, 1.807) is 12.1 Å². The van der Waals surface area contributed by atoms with E-state index in [2.05, 4.69) is 0 Å². The number of quaternary nitrogens is 1. The lowest BCUT2D eigenvalue weighted by Gasteiger charge is -2.29. The number of aliphatic hydroxyl groups is 1. The summed E-state index contributed by atoms with van der Waals surface area (Å²) in [4.78, 5) is 12.0. The first-order valence-electron chi connectivity index (χ1n) is 12.7. The summed E-state index contributed by atoms with van der Waals surface area (Å²) in [7, 11) is -4.12. The molecular formula is C30H32N3O5S+. The number of hydrogen-bond acceptors (Lipinski definition) is 5. The lowest BCUT2D eigenvalue weighted by atomic mass is 10.1. The van der Waals surface area contributed by atoms with Crippen LogP contribution >= 0.6 is 0 Å². The quantitative estimate of drug-likeness (QED) is 0.208. The highest BCUT2D eigenvalue weighted by molar-refractivity contribution is 7.92. The van der Waals surface area contributed by atoms with E-state index in [4.69, 9.17) is 0 Å². The molecule has 1 atom stereocenters. The topological polar surface area (TPSA) is 105 Å². The normalized spacial score (nSPS) is 12.3. The molecule has 0 saturated heterocycles. The molecule has 0 aromatic heterocycles. The second-order valence-corrected chi connectivity index (χ2v) is 11.4. The van der Waals surface area contributed by atoms with Gasteiger partial charge in [0.05, 0.1) is 22.1 Å². The van der Waals surface area contributed by atoms with Crippen LogP contribution in [0.2, 0.25) is 0 Å². The fourth-order valence-corrected chi connectivity index (χ4v) is 6.00. The molecule has 39 heavy (non-hydrogen) atoms. The summed E-state index contributed by atoms with van der Waals surface area (Å²) in [6, 6.07) is 31.7. The van der Waals surface area contributed by atoms with Gasteiger partial charge >= 0.3 is 0 Å². The van der Waals surface area contributed by atoms with Crippen molar-refractivity contribution in [2.45, 2.75) is 31.0 Å².